The first-order valence-electron chi connectivity index (χ1n) is 8.90. The predicted molar refractivity (Wildman–Crippen MR) is 137 cm³/mol. The number of fused-ring (bicyclic) bond motifs is 1. The van der Waals surface area contributed by atoms with E-state index in [1.165, 1.54) is 23.5 Å². The summed E-state index contributed by atoms with van der Waals surface area (Å²) in [7, 11) is -3.39. The number of benzene rings is 3. The van der Waals surface area contributed by atoms with E-state index in [0.29, 0.717) is 15.8 Å². The van der Waals surface area contributed by atoms with E-state index in [9.17, 15) is 13.2 Å². The van der Waals surface area contributed by atoms with Crippen LogP contribution in [0, 0.1) is 0 Å². The van der Waals surface area contributed by atoms with Crippen LogP contribution in [0.3, 0.4) is 0 Å². The Morgan fingerprint density at radius 1 is 0.719 bits per heavy atom. The van der Waals surface area contributed by atoms with E-state index >= 15 is 0 Å². The van der Waals surface area contributed by atoms with Crippen molar-refractivity contribution in [1.82, 2.24) is 0 Å². The zero-order valence-electron chi connectivity index (χ0n) is 16.0. The van der Waals surface area contributed by atoms with Crippen LogP contribution >= 0.6 is 69.3 Å². The largest absolute Gasteiger partial charge is 0.288 e. The van der Waals surface area contributed by atoms with Crippen molar-refractivity contribution in [2.75, 3.05) is 6.26 Å². The van der Waals surface area contributed by atoms with Gasteiger partial charge in [-0.2, -0.15) is 0 Å². The first-order valence-corrected chi connectivity index (χ1v) is 13.5. The first-order chi connectivity index (χ1) is 15.0. The van der Waals surface area contributed by atoms with E-state index in [1.54, 1.807) is 24.3 Å². The second-order valence-electron chi connectivity index (χ2n) is 6.87. The normalized spacial score (nSPS) is 11.8. The van der Waals surface area contributed by atoms with Gasteiger partial charge in [-0.05, 0) is 29.8 Å². The highest BCUT2D eigenvalue weighted by Crippen LogP contribution is 2.50. The topological polar surface area (TPSA) is 51.2 Å². The predicted octanol–water partition coefficient (Wildman–Crippen LogP) is 8.27. The van der Waals surface area contributed by atoms with E-state index < -0.39 is 9.84 Å². The van der Waals surface area contributed by atoms with Gasteiger partial charge in [0.25, 0.3) is 0 Å². The van der Waals surface area contributed by atoms with Gasteiger partial charge in [0.05, 0.1) is 35.6 Å². The number of halogens is 5. The van der Waals surface area contributed by atoms with Crippen molar-refractivity contribution < 1.29 is 8.42 Å². The fraction of sp³-hybridized carbons (Fsp3) is 0.0455. The second kappa shape index (κ2) is 8.80. The minimum Gasteiger partial charge on any atom is -0.288 e. The summed E-state index contributed by atoms with van der Waals surface area (Å²) in [6.45, 7) is 0. The molecule has 10 heteroatoms. The summed E-state index contributed by atoms with van der Waals surface area (Å²) in [5, 5.41) is 0.419. The van der Waals surface area contributed by atoms with Gasteiger partial charge in [0.1, 0.15) is 0 Å². The Labute approximate surface area is 213 Å². The third kappa shape index (κ3) is 4.05. The Morgan fingerprint density at radius 2 is 1.25 bits per heavy atom. The Kier molecular flexibility index (Phi) is 6.56. The maximum atomic E-state index is 13.6. The molecule has 4 rings (SSSR count). The molecule has 0 radical (unpaired) electrons. The van der Waals surface area contributed by atoms with Crippen molar-refractivity contribution >= 4 is 89.3 Å². The summed E-state index contributed by atoms with van der Waals surface area (Å²) < 4.78 is 24.5. The standard InChI is InChI=1S/C22H11Cl5O3S2/c1-32(29,30)11-8-6-10(7-9-11)22-15(21(28)12-4-2-3-5-13(12)31-22)14-16(23)18(25)20(27)19(26)17(14)24/h2-9H,1H3. The lowest BCUT2D eigenvalue weighted by Gasteiger charge is -2.16. The molecule has 0 spiro atoms. The quantitative estimate of drug-likeness (QED) is 0.186. The number of hydrogen-bond acceptors (Lipinski definition) is 4. The second-order valence-corrected chi connectivity index (χ2v) is 11.8. The van der Waals surface area contributed by atoms with Gasteiger partial charge < -0.3 is 0 Å². The number of hydrogen-bond donors (Lipinski definition) is 0. The minimum atomic E-state index is -3.39. The molecule has 0 amide bonds. The smallest absolute Gasteiger partial charge is 0.196 e. The highest BCUT2D eigenvalue weighted by atomic mass is 35.5. The summed E-state index contributed by atoms with van der Waals surface area (Å²) >= 11 is 33.0. The van der Waals surface area contributed by atoms with Gasteiger partial charge in [-0.3, -0.25) is 4.79 Å². The molecule has 0 aliphatic rings. The maximum Gasteiger partial charge on any atom is 0.196 e. The van der Waals surface area contributed by atoms with Crippen LogP contribution in [0.4, 0.5) is 0 Å². The SMILES string of the molecule is CS(=O)(=O)c1ccc(-c2sc3ccccc3c(=O)c2-c2c(Cl)c(Cl)c(Cl)c(Cl)c2Cl)cc1. The van der Waals surface area contributed by atoms with E-state index in [4.69, 9.17) is 58.0 Å². The van der Waals surface area contributed by atoms with Crippen LogP contribution in [0.5, 0.6) is 0 Å². The van der Waals surface area contributed by atoms with E-state index in [2.05, 4.69) is 0 Å². The molecule has 3 nitrogen and oxygen atoms in total. The van der Waals surface area contributed by atoms with Crippen LogP contribution < -0.4 is 5.43 Å². The molecule has 0 saturated heterocycles. The molecule has 0 unspecified atom stereocenters. The summed E-state index contributed by atoms with van der Waals surface area (Å²) in [6, 6.07) is 13.3. The molecule has 3 aromatic carbocycles. The van der Waals surface area contributed by atoms with Crippen molar-refractivity contribution in [3.05, 3.63) is 83.9 Å². The van der Waals surface area contributed by atoms with Crippen molar-refractivity contribution in [1.29, 1.82) is 0 Å². The van der Waals surface area contributed by atoms with Crippen molar-refractivity contribution in [2.24, 2.45) is 0 Å². The van der Waals surface area contributed by atoms with Crippen LogP contribution in [0.2, 0.25) is 25.1 Å². The molecule has 164 valence electrons. The molecule has 0 fully saturated rings. The van der Waals surface area contributed by atoms with E-state index in [1.807, 2.05) is 12.1 Å². The van der Waals surface area contributed by atoms with Crippen LogP contribution in [0.25, 0.3) is 31.7 Å². The van der Waals surface area contributed by atoms with Crippen LogP contribution in [0.15, 0.2) is 58.2 Å². The maximum absolute atomic E-state index is 13.6. The molecule has 0 bridgehead atoms. The monoisotopic (exact) mass is 562 g/mol. The van der Waals surface area contributed by atoms with Gasteiger partial charge in [0.15, 0.2) is 15.3 Å². The molecule has 4 aromatic rings. The minimum absolute atomic E-state index is 0.000320. The Hall–Kier alpha value is -1.31. The summed E-state index contributed by atoms with van der Waals surface area (Å²) in [5.41, 5.74) is 0.660. The molecule has 0 aliphatic carbocycles. The van der Waals surface area contributed by atoms with Crippen molar-refractivity contribution in [3.63, 3.8) is 0 Å². The molecule has 1 aromatic heterocycles. The van der Waals surface area contributed by atoms with Gasteiger partial charge in [0, 0.05) is 26.8 Å². The van der Waals surface area contributed by atoms with Crippen LogP contribution in [-0.4, -0.2) is 14.7 Å². The molecule has 0 saturated carbocycles. The molecular weight excluding hydrogens is 554 g/mol. The van der Waals surface area contributed by atoms with Gasteiger partial charge >= 0.3 is 0 Å². The Balaban J connectivity index is 2.15. The van der Waals surface area contributed by atoms with Gasteiger partial charge in [0.2, 0.25) is 0 Å². The van der Waals surface area contributed by atoms with Gasteiger partial charge in [-0.25, -0.2) is 8.42 Å². The average Bonchev–Trinajstić information content (AvgIpc) is 2.77. The van der Waals surface area contributed by atoms with Gasteiger partial charge in [-0.1, -0.05) is 82.3 Å². The third-order valence-corrected chi connectivity index (χ3v) is 9.43. The summed E-state index contributed by atoms with van der Waals surface area (Å²) in [6.07, 6.45) is 1.12. The van der Waals surface area contributed by atoms with E-state index in [-0.39, 0.29) is 46.6 Å². The number of sulfone groups is 1. The lowest BCUT2D eigenvalue weighted by atomic mass is 10.00. The van der Waals surface area contributed by atoms with Crippen molar-refractivity contribution in [2.45, 2.75) is 4.90 Å². The fourth-order valence-corrected chi connectivity index (χ4v) is 6.40. The Bertz CT molecular complexity index is 1530. The summed E-state index contributed by atoms with van der Waals surface area (Å²) in [4.78, 5) is 14.3. The van der Waals surface area contributed by atoms with Gasteiger partial charge in [-0.15, -0.1) is 11.3 Å². The van der Waals surface area contributed by atoms with Crippen molar-refractivity contribution in [3.8, 4) is 21.6 Å². The highest BCUT2D eigenvalue weighted by molar-refractivity contribution is 7.90. The number of rotatable bonds is 3. The fourth-order valence-electron chi connectivity index (χ4n) is 3.25. The van der Waals surface area contributed by atoms with Crippen LogP contribution in [-0.2, 0) is 9.84 Å². The Morgan fingerprint density at radius 3 is 1.81 bits per heavy atom. The third-order valence-electron chi connectivity index (χ3n) is 4.80. The molecule has 32 heavy (non-hydrogen) atoms. The molecule has 0 atom stereocenters. The molecule has 0 aliphatic heterocycles. The molecule has 1 heterocycles. The zero-order chi connectivity index (χ0) is 23.4. The lowest BCUT2D eigenvalue weighted by molar-refractivity contribution is 0.602. The first kappa shape index (κ1) is 23.8. The van der Waals surface area contributed by atoms with Crippen LogP contribution in [0.1, 0.15) is 0 Å². The molecular formula is C22H11Cl5O3S2. The average molecular weight is 565 g/mol. The summed E-state index contributed by atoms with van der Waals surface area (Å²) in [5.74, 6) is 0. The lowest BCUT2D eigenvalue weighted by Crippen LogP contribution is -2.07. The highest BCUT2D eigenvalue weighted by Gasteiger charge is 2.26. The molecule has 0 N–H and O–H groups in total. The zero-order valence-corrected chi connectivity index (χ0v) is 21.5. The van der Waals surface area contributed by atoms with E-state index in [0.717, 1.165) is 11.0 Å².